The van der Waals surface area contributed by atoms with Crippen molar-refractivity contribution in [3.8, 4) is 0 Å². The zero-order valence-corrected chi connectivity index (χ0v) is 25.1. The van der Waals surface area contributed by atoms with Crippen molar-refractivity contribution < 1.29 is 24.2 Å². The van der Waals surface area contributed by atoms with E-state index in [9.17, 15) is 19.5 Å². The van der Waals surface area contributed by atoms with Gasteiger partial charge in [-0.05, 0) is 62.4 Å². The van der Waals surface area contributed by atoms with E-state index in [1.54, 1.807) is 23.5 Å². The molecule has 1 aliphatic carbocycles. The van der Waals surface area contributed by atoms with E-state index in [1.807, 2.05) is 69.1 Å². The van der Waals surface area contributed by atoms with Gasteiger partial charge >= 0.3 is 6.09 Å². The molecule has 3 heterocycles. The second kappa shape index (κ2) is 14.5. The van der Waals surface area contributed by atoms with E-state index >= 15 is 0 Å². The van der Waals surface area contributed by atoms with Crippen LogP contribution in [0.25, 0.3) is 6.08 Å². The normalized spacial score (nSPS) is 27.7. The lowest BCUT2D eigenvalue weighted by Gasteiger charge is -2.33. The lowest BCUT2D eigenvalue weighted by molar-refractivity contribution is -0.140. The van der Waals surface area contributed by atoms with Crippen LogP contribution in [0.2, 0.25) is 0 Å². The number of hydrogen-bond donors (Lipinski definition) is 1. The molecule has 1 fully saturated rings. The molecule has 0 unspecified atom stereocenters. The number of hydrogen-bond acceptors (Lipinski definition) is 8. The third-order valence-electron chi connectivity index (χ3n) is 8.25. The van der Waals surface area contributed by atoms with Crippen LogP contribution in [0, 0.1) is 17.8 Å². The average molecular weight is 578 g/mol. The summed E-state index contributed by atoms with van der Waals surface area (Å²) in [6.07, 6.45) is 11.6. The highest BCUT2D eigenvalue weighted by atomic mass is 16.6. The van der Waals surface area contributed by atoms with E-state index < -0.39 is 29.7 Å². The number of nitrogens with zero attached hydrogens (tertiary/aromatic N) is 5. The van der Waals surface area contributed by atoms with Crippen molar-refractivity contribution in [2.45, 2.75) is 58.8 Å². The molecular formula is C32H43N5O5. The summed E-state index contributed by atoms with van der Waals surface area (Å²) in [5.74, 6) is -2.25. The Kier molecular flexibility index (Phi) is 10.8. The zero-order valence-electron chi connectivity index (χ0n) is 25.1. The number of Topliss-reactive ketones (excluding diaryl/α,β-unsaturated/α-hetero) is 2. The lowest BCUT2D eigenvalue weighted by Crippen LogP contribution is -2.48. The number of ketones is 2. The zero-order chi connectivity index (χ0) is 30.2. The Morgan fingerprint density at radius 1 is 1.10 bits per heavy atom. The summed E-state index contributed by atoms with van der Waals surface area (Å²) in [5, 5.41) is 15.0. The highest BCUT2D eigenvalue weighted by Crippen LogP contribution is 2.29. The molecule has 1 N–H and O–H groups in total. The van der Waals surface area contributed by atoms with Gasteiger partial charge in [0.15, 0.2) is 0 Å². The standard InChI is InChI=1S/C32H43N5O5/c1-22-5-7-27(38)18-28(39)31(40)30(23(2)6-8-29(22)42-32(41)36-15-13-35(4)14-16-36)24(3)17-26-19-34-37(21-26)20-25-9-11-33-12-10-25/h6,8-12,17,19,21-23,27,29-30,38H,5,7,13-16,18,20H2,1-4H3/b8-6+,24-17+/t22-,23-,27+,29-,30-/m0/s1. The van der Waals surface area contributed by atoms with Gasteiger partial charge in [-0.1, -0.05) is 31.6 Å². The summed E-state index contributed by atoms with van der Waals surface area (Å²) >= 11 is 0. The number of piperazine rings is 1. The van der Waals surface area contributed by atoms with Crippen LogP contribution in [0.3, 0.4) is 0 Å². The van der Waals surface area contributed by atoms with Crippen LogP contribution in [0.5, 0.6) is 0 Å². The first kappa shape index (κ1) is 31.3. The number of carbonyl (C=O) groups is 3. The molecule has 10 nitrogen and oxygen atoms in total. The summed E-state index contributed by atoms with van der Waals surface area (Å²) < 4.78 is 7.78. The number of carbonyl (C=O) groups excluding carboxylic acids is 3. The number of allylic oxidation sites excluding steroid dienone is 2. The molecule has 0 aromatic carbocycles. The predicted molar refractivity (Wildman–Crippen MR) is 159 cm³/mol. The molecule has 2 aromatic rings. The van der Waals surface area contributed by atoms with Gasteiger partial charge in [-0.25, -0.2) is 4.79 Å². The Morgan fingerprint density at radius 3 is 2.52 bits per heavy atom. The molecule has 0 bridgehead atoms. The minimum atomic E-state index is -0.937. The average Bonchev–Trinajstić information content (AvgIpc) is 3.40. The van der Waals surface area contributed by atoms with Crippen LogP contribution in [0.15, 0.2) is 54.6 Å². The van der Waals surface area contributed by atoms with Crippen LogP contribution in [-0.4, -0.2) is 92.8 Å². The van der Waals surface area contributed by atoms with Crippen molar-refractivity contribution in [2.75, 3.05) is 33.2 Å². The highest BCUT2D eigenvalue weighted by Gasteiger charge is 2.33. The molecule has 1 saturated heterocycles. The smallest absolute Gasteiger partial charge is 0.410 e. The van der Waals surface area contributed by atoms with Crippen LogP contribution in [-0.2, 0) is 20.9 Å². The SMILES string of the molecule is C/C(=C\c1cnn(Cc2ccncc2)c1)[C@H]1C(=O)C(=O)C[C@H](O)CC[C@H](C)[C@@H](OC(=O)N2CCN(C)CC2)/C=C/[C@@H]1C. The van der Waals surface area contributed by atoms with E-state index in [-0.39, 0.29) is 24.3 Å². The summed E-state index contributed by atoms with van der Waals surface area (Å²) in [6.45, 7) is 9.10. The van der Waals surface area contributed by atoms with E-state index in [1.165, 1.54) is 0 Å². The Balaban J connectivity index is 1.55. The Morgan fingerprint density at radius 2 is 1.81 bits per heavy atom. The largest absolute Gasteiger partial charge is 0.442 e. The van der Waals surface area contributed by atoms with Gasteiger partial charge in [0.2, 0.25) is 11.6 Å². The number of aliphatic hydroxyl groups excluding tert-OH is 1. The molecule has 10 heteroatoms. The quantitative estimate of drug-likeness (QED) is 0.423. The number of aliphatic hydroxyl groups is 1. The third-order valence-corrected chi connectivity index (χ3v) is 8.25. The number of likely N-dealkylation sites (N-methyl/N-ethyl adjacent to an activating group) is 1. The highest BCUT2D eigenvalue weighted by molar-refractivity contribution is 6.38. The Labute approximate surface area is 248 Å². The van der Waals surface area contributed by atoms with Crippen LogP contribution in [0.1, 0.15) is 51.2 Å². The molecule has 0 spiro atoms. The molecule has 1 amide bonds. The molecule has 0 radical (unpaired) electrons. The van der Waals surface area contributed by atoms with Gasteiger partial charge < -0.3 is 19.6 Å². The molecule has 0 saturated carbocycles. The fourth-order valence-electron chi connectivity index (χ4n) is 5.56. The van der Waals surface area contributed by atoms with Crippen molar-refractivity contribution in [2.24, 2.45) is 17.8 Å². The fourth-order valence-corrected chi connectivity index (χ4v) is 5.56. The number of ether oxygens (including phenoxy) is 1. The second-order valence-electron chi connectivity index (χ2n) is 11.8. The molecule has 42 heavy (non-hydrogen) atoms. The minimum absolute atomic E-state index is 0.0777. The Hall–Kier alpha value is -3.63. The predicted octanol–water partition coefficient (Wildman–Crippen LogP) is 3.61. The number of pyridine rings is 1. The summed E-state index contributed by atoms with van der Waals surface area (Å²) in [5.41, 5.74) is 2.60. The van der Waals surface area contributed by atoms with Crippen molar-refractivity contribution in [1.29, 1.82) is 0 Å². The van der Waals surface area contributed by atoms with Gasteiger partial charge in [0.05, 0.1) is 24.8 Å². The molecule has 226 valence electrons. The first-order valence-electron chi connectivity index (χ1n) is 14.8. The molecule has 2 aromatic heterocycles. The molecular weight excluding hydrogens is 534 g/mol. The third kappa shape index (κ3) is 8.45. The maximum atomic E-state index is 13.5. The summed E-state index contributed by atoms with van der Waals surface area (Å²) in [7, 11) is 2.03. The summed E-state index contributed by atoms with van der Waals surface area (Å²) in [4.78, 5) is 47.4. The molecule has 2 aliphatic rings. The Bertz CT molecular complexity index is 1280. The molecule has 1 aliphatic heterocycles. The second-order valence-corrected chi connectivity index (χ2v) is 11.8. The first-order chi connectivity index (χ1) is 20.1. The maximum absolute atomic E-state index is 13.5. The van der Waals surface area contributed by atoms with Gasteiger partial charge in [-0.3, -0.25) is 19.3 Å². The monoisotopic (exact) mass is 577 g/mol. The van der Waals surface area contributed by atoms with Crippen LogP contribution < -0.4 is 0 Å². The fraction of sp³-hybridized carbons (Fsp3) is 0.531. The van der Waals surface area contributed by atoms with Crippen LogP contribution >= 0.6 is 0 Å². The number of rotatable bonds is 5. The first-order valence-corrected chi connectivity index (χ1v) is 14.8. The summed E-state index contributed by atoms with van der Waals surface area (Å²) in [6, 6.07) is 3.85. The number of aromatic nitrogens is 3. The van der Waals surface area contributed by atoms with E-state index in [0.29, 0.717) is 32.5 Å². The lowest BCUT2D eigenvalue weighted by atomic mass is 9.80. The van der Waals surface area contributed by atoms with Gasteiger partial charge in [-0.15, -0.1) is 0 Å². The van der Waals surface area contributed by atoms with Crippen molar-refractivity contribution in [3.05, 3.63) is 65.8 Å². The maximum Gasteiger partial charge on any atom is 0.410 e. The minimum Gasteiger partial charge on any atom is -0.442 e. The molecule has 4 rings (SSSR count). The van der Waals surface area contributed by atoms with Crippen molar-refractivity contribution >= 4 is 23.7 Å². The van der Waals surface area contributed by atoms with Crippen molar-refractivity contribution in [3.63, 3.8) is 0 Å². The topological polar surface area (TPSA) is 118 Å². The number of amides is 1. The van der Waals surface area contributed by atoms with Gasteiger partial charge in [0.1, 0.15) is 6.10 Å². The van der Waals surface area contributed by atoms with Gasteiger partial charge in [-0.2, -0.15) is 5.10 Å². The van der Waals surface area contributed by atoms with Crippen LogP contribution in [0.4, 0.5) is 4.79 Å². The van der Waals surface area contributed by atoms with Gasteiger partial charge in [0.25, 0.3) is 0 Å². The van der Waals surface area contributed by atoms with E-state index in [2.05, 4.69) is 15.0 Å². The van der Waals surface area contributed by atoms with E-state index in [0.717, 1.165) is 29.8 Å². The molecule has 5 atom stereocenters. The van der Waals surface area contributed by atoms with E-state index in [4.69, 9.17) is 4.74 Å². The van der Waals surface area contributed by atoms with Gasteiger partial charge in [0, 0.05) is 56.8 Å². The van der Waals surface area contributed by atoms with Crippen molar-refractivity contribution in [1.82, 2.24) is 24.6 Å².